The molecular formula is C22H33N5OS. The Labute approximate surface area is 178 Å². The molecule has 158 valence electrons. The van der Waals surface area contributed by atoms with Gasteiger partial charge in [0.05, 0.1) is 5.75 Å². The molecule has 1 aromatic heterocycles. The molecule has 1 aliphatic heterocycles. The number of amides is 1. The largest absolute Gasteiger partial charge is 0.355 e. The van der Waals surface area contributed by atoms with Crippen molar-refractivity contribution in [2.45, 2.75) is 50.7 Å². The van der Waals surface area contributed by atoms with Gasteiger partial charge in [-0.1, -0.05) is 49.0 Å². The molecule has 1 N–H and O–H groups in total. The highest BCUT2D eigenvalue weighted by molar-refractivity contribution is 7.99. The molecule has 1 fully saturated rings. The summed E-state index contributed by atoms with van der Waals surface area (Å²) < 4.78 is 2.16. The molecule has 0 aliphatic carbocycles. The molecule has 1 amide bonds. The Morgan fingerprint density at radius 1 is 1.24 bits per heavy atom. The maximum Gasteiger partial charge on any atom is 0.230 e. The van der Waals surface area contributed by atoms with Crippen molar-refractivity contribution < 1.29 is 4.79 Å². The average molecular weight is 416 g/mol. The molecular weight excluding hydrogens is 382 g/mol. The van der Waals surface area contributed by atoms with E-state index < -0.39 is 0 Å². The Morgan fingerprint density at radius 2 is 1.97 bits per heavy atom. The SMILES string of the molecule is CCC(C)n1c(SCC(=O)NCCC2CCN(C)CC2)nnc1-c1ccccc1. The Balaban J connectivity index is 1.53. The Hall–Kier alpha value is -1.86. The van der Waals surface area contributed by atoms with Crippen LogP contribution in [0.4, 0.5) is 0 Å². The molecule has 2 heterocycles. The zero-order valence-corrected chi connectivity index (χ0v) is 18.6. The first-order valence-corrected chi connectivity index (χ1v) is 11.7. The van der Waals surface area contributed by atoms with E-state index >= 15 is 0 Å². The van der Waals surface area contributed by atoms with Crippen molar-refractivity contribution in [2.24, 2.45) is 5.92 Å². The second-order valence-electron chi connectivity index (χ2n) is 7.97. The van der Waals surface area contributed by atoms with Crippen molar-refractivity contribution in [3.63, 3.8) is 0 Å². The number of piperidine rings is 1. The molecule has 29 heavy (non-hydrogen) atoms. The highest BCUT2D eigenvalue weighted by Crippen LogP contribution is 2.28. The van der Waals surface area contributed by atoms with E-state index in [0.29, 0.717) is 5.75 Å². The molecule has 0 spiro atoms. The molecule has 6 nitrogen and oxygen atoms in total. The van der Waals surface area contributed by atoms with Gasteiger partial charge in [-0.2, -0.15) is 0 Å². The molecule has 2 aromatic rings. The maximum absolute atomic E-state index is 12.3. The van der Waals surface area contributed by atoms with Gasteiger partial charge in [0.15, 0.2) is 11.0 Å². The van der Waals surface area contributed by atoms with E-state index in [2.05, 4.69) is 45.9 Å². The van der Waals surface area contributed by atoms with Crippen LogP contribution in [0, 0.1) is 5.92 Å². The van der Waals surface area contributed by atoms with E-state index in [-0.39, 0.29) is 11.9 Å². The van der Waals surface area contributed by atoms with E-state index in [0.717, 1.165) is 41.8 Å². The summed E-state index contributed by atoms with van der Waals surface area (Å²) in [5.41, 5.74) is 1.05. The molecule has 0 bridgehead atoms. The van der Waals surface area contributed by atoms with E-state index in [4.69, 9.17) is 0 Å². The lowest BCUT2D eigenvalue weighted by molar-refractivity contribution is -0.118. The van der Waals surface area contributed by atoms with Gasteiger partial charge in [-0.05, 0) is 58.7 Å². The van der Waals surface area contributed by atoms with Crippen LogP contribution in [0.1, 0.15) is 45.6 Å². The number of benzene rings is 1. The van der Waals surface area contributed by atoms with Gasteiger partial charge < -0.3 is 10.2 Å². The average Bonchev–Trinajstić information content (AvgIpc) is 3.18. The summed E-state index contributed by atoms with van der Waals surface area (Å²) in [4.78, 5) is 14.7. The molecule has 1 saturated heterocycles. The van der Waals surface area contributed by atoms with Crippen molar-refractivity contribution in [2.75, 3.05) is 32.4 Å². The van der Waals surface area contributed by atoms with Crippen LogP contribution in [0.5, 0.6) is 0 Å². The number of hydrogen-bond acceptors (Lipinski definition) is 5. The maximum atomic E-state index is 12.3. The van der Waals surface area contributed by atoms with E-state index in [9.17, 15) is 4.79 Å². The third-order valence-corrected chi connectivity index (χ3v) is 6.72. The molecule has 3 rings (SSSR count). The van der Waals surface area contributed by atoms with Gasteiger partial charge >= 0.3 is 0 Å². The summed E-state index contributed by atoms with van der Waals surface area (Å²) in [5.74, 6) is 2.05. The smallest absolute Gasteiger partial charge is 0.230 e. The zero-order valence-electron chi connectivity index (χ0n) is 17.8. The lowest BCUT2D eigenvalue weighted by Gasteiger charge is -2.28. The van der Waals surface area contributed by atoms with Gasteiger partial charge in [-0.3, -0.25) is 9.36 Å². The third kappa shape index (κ3) is 6.06. The topological polar surface area (TPSA) is 63.1 Å². The number of rotatable bonds is 9. The molecule has 0 saturated carbocycles. The van der Waals surface area contributed by atoms with Crippen molar-refractivity contribution in [1.82, 2.24) is 25.0 Å². The van der Waals surface area contributed by atoms with Gasteiger partial charge in [0.1, 0.15) is 0 Å². The fraction of sp³-hybridized carbons (Fsp3) is 0.591. The molecule has 1 atom stereocenters. The van der Waals surface area contributed by atoms with E-state index in [1.54, 1.807) is 0 Å². The summed E-state index contributed by atoms with van der Waals surface area (Å²) in [7, 11) is 2.18. The van der Waals surface area contributed by atoms with E-state index in [1.165, 1.54) is 37.7 Å². The summed E-state index contributed by atoms with van der Waals surface area (Å²) in [6, 6.07) is 10.4. The Kier molecular flexibility index (Phi) is 8.12. The number of carbonyl (C=O) groups excluding carboxylic acids is 1. The highest BCUT2D eigenvalue weighted by atomic mass is 32.2. The quantitative estimate of drug-likeness (QED) is 0.630. The fourth-order valence-corrected chi connectivity index (χ4v) is 4.55. The molecule has 1 unspecified atom stereocenters. The van der Waals surface area contributed by atoms with Crippen LogP contribution in [0.25, 0.3) is 11.4 Å². The van der Waals surface area contributed by atoms with Crippen LogP contribution in [0.3, 0.4) is 0 Å². The fourth-order valence-electron chi connectivity index (χ4n) is 3.69. The first kappa shape index (κ1) is 21.8. The molecule has 1 aromatic carbocycles. The first-order valence-electron chi connectivity index (χ1n) is 10.7. The van der Waals surface area contributed by atoms with Crippen LogP contribution >= 0.6 is 11.8 Å². The number of thioether (sulfide) groups is 1. The normalized spacial score (nSPS) is 16.7. The summed E-state index contributed by atoms with van der Waals surface area (Å²) in [5, 5.41) is 12.7. The molecule has 7 heteroatoms. The minimum atomic E-state index is 0.0721. The van der Waals surface area contributed by atoms with Crippen molar-refractivity contribution >= 4 is 17.7 Å². The molecule has 0 radical (unpaired) electrons. The van der Waals surface area contributed by atoms with Crippen molar-refractivity contribution in [3.05, 3.63) is 30.3 Å². The number of nitrogens with zero attached hydrogens (tertiary/aromatic N) is 4. The number of carbonyl (C=O) groups is 1. The predicted octanol–water partition coefficient (Wildman–Crippen LogP) is 3.86. The predicted molar refractivity (Wildman–Crippen MR) is 119 cm³/mol. The van der Waals surface area contributed by atoms with Gasteiger partial charge in [-0.25, -0.2) is 0 Å². The van der Waals surface area contributed by atoms with Crippen LogP contribution in [0.2, 0.25) is 0 Å². The number of likely N-dealkylation sites (tertiary alicyclic amines) is 1. The lowest BCUT2D eigenvalue weighted by atomic mass is 9.94. The number of aromatic nitrogens is 3. The third-order valence-electron chi connectivity index (χ3n) is 5.77. The van der Waals surface area contributed by atoms with Crippen LogP contribution in [0.15, 0.2) is 35.5 Å². The molecule has 1 aliphatic rings. The Morgan fingerprint density at radius 3 is 2.66 bits per heavy atom. The van der Waals surface area contributed by atoms with Gasteiger partial charge in [-0.15, -0.1) is 10.2 Å². The standard InChI is InChI=1S/C22H33N5OS/c1-4-17(2)27-21(19-8-6-5-7-9-19)24-25-22(27)29-16-20(28)23-13-10-18-11-14-26(3)15-12-18/h5-9,17-18H,4,10-16H2,1-3H3,(H,23,28). The summed E-state index contributed by atoms with van der Waals surface area (Å²) in [6.07, 6.45) is 4.53. The van der Waals surface area contributed by atoms with Crippen LogP contribution < -0.4 is 5.32 Å². The minimum Gasteiger partial charge on any atom is -0.355 e. The second-order valence-corrected chi connectivity index (χ2v) is 8.92. The van der Waals surface area contributed by atoms with Gasteiger partial charge in [0.25, 0.3) is 0 Å². The summed E-state index contributed by atoms with van der Waals surface area (Å²) in [6.45, 7) is 7.43. The monoisotopic (exact) mass is 415 g/mol. The van der Waals surface area contributed by atoms with Crippen LogP contribution in [-0.2, 0) is 4.79 Å². The minimum absolute atomic E-state index is 0.0721. The Bertz CT molecular complexity index is 771. The number of nitrogens with one attached hydrogen (secondary N) is 1. The zero-order chi connectivity index (χ0) is 20.6. The summed E-state index contributed by atoms with van der Waals surface area (Å²) >= 11 is 1.47. The highest BCUT2D eigenvalue weighted by Gasteiger charge is 2.19. The lowest BCUT2D eigenvalue weighted by Crippen LogP contribution is -2.33. The first-order chi connectivity index (χ1) is 14.1. The van der Waals surface area contributed by atoms with Gasteiger partial charge in [0, 0.05) is 18.2 Å². The van der Waals surface area contributed by atoms with Gasteiger partial charge in [0.2, 0.25) is 5.91 Å². The van der Waals surface area contributed by atoms with Crippen LogP contribution in [-0.4, -0.2) is 58.0 Å². The second kappa shape index (κ2) is 10.8. The van der Waals surface area contributed by atoms with Crippen molar-refractivity contribution in [1.29, 1.82) is 0 Å². The van der Waals surface area contributed by atoms with Crippen molar-refractivity contribution in [3.8, 4) is 11.4 Å². The number of hydrogen-bond donors (Lipinski definition) is 1. The van der Waals surface area contributed by atoms with E-state index in [1.807, 2.05) is 30.3 Å².